The van der Waals surface area contributed by atoms with Crippen LogP contribution in [0, 0.1) is 13.8 Å². The van der Waals surface area contributed by atoms with Crippen molar-refractivity contribution in [2.24, 2.45) is 0 Å². The van der Waals surface area contributed by atoms with Crippen molar-refractivity contribution in [2.75, 3.05) is 11.9 Å². The fourth-order valence-electron chi connectivity index (χ4n) is 1.85. The number of aromatic nitrogens is 1. The van der Waals surface area contributed by atoms with Crippen LogP contribution in [0.3, 0.4) is 0 Å². The molecule has 1 aromatic heterocycles. The molecule has 1 aromatic carbocycles. The quantitative estimate of drug-likeness (QED) is 0.876. The molecule has 20 heavy (non-hydrogen) atoms. The molecule has 0 saturated heterocycles. The second-order valence-corrected chi connectivity index (χ2v) is 4.81. The Kier molecular flexibility index (Phi) is 4.85. The van der Waals surface area contributed by atoms with Gasteiger partial charge in [0.2, 0.25) is 5.91 Å². The van der Waals surface area contributed by atoms with Crippen LogP contribution in [0.25, 0.3) is 0 Å². The number of nitrogens with one attached hydrogen (secondary N) is 2. The monoisotopic (exact) mass is 269 g/mol. The van der Waals surface area contributed by atoms with Crippen molar-refractivity contribution in [3.63, 3.8) is 0 Å². The fourth-order valence-corrected chi connectivity index (χ4v) is 1.85. The summed E-state index contributed by atoms with van der Waals surface area (Å²) in [4.78, 5) is 15.8. The second-order valence-electron chi connectivity index (χ2n) is 4.81. The van der Waals surface area contributed by atoms with Crippen LogP contribution in [0.5, 0.6) is 0 Å². The van der Waals surface area contributed by atoms with Crippen LogP contribution in [0.4, 0.5) is 5.69 Å². The lowest BCUT2D eigenvalue weighted by Gasteiger charge is -2.08. The SMILES string of the molecule is Cc1ccc(NC(=O)CNCc2ccncc2)cc1C. The molecule has 0 saturated carbocycles. The molecule has 2 rings (SSSR count). The molecule has 0 spiro atoms. The molecule has 104 valence electrons. The molecule has 0 fully saturated rings. The van der Waals surface area contributed by atoms with Gasteiger partial charge >= 0.3 is 0 Å². The largest absolute Gasteiger partial charge is 0.325 e. The van der Waals surface area contributed by atoms with Crippen LogP contribution in [0.1, 0.15) is 16.7 Å². The van der Waals surface area contributed by atoms with Crippen molar-refractivity contribution >= 4 is 11.6 Å². The Morgan fingerprint density at radius 1 is 1.10 bits per heavy atom. The van der Waals surface area contributed by atoms with E-state index in [0.29, 0.717) is 6.54 Å². The van der Waals surface area contributed by atoms with Crippen LogP contribution in [-0.2, 0) is 11.3 Å². The summed E-state index contributed by atoms with van der Waals surface area (Å²) in [6.45, 7) is 5.03. The summed E-state index contributed by atoms with van der Waals surface area (Å²) in [6.07, 6.45) is 3.48. The fraction of sp³-hybridized carbons (Fsp3) is 0.250. The van der Waals surface area contributed by atoms with Crippen molar-refractivity contribution in [1.29, 1.82) is 0 Å². The maximum absolute atomic E-state index is 11.8. The lowest BCUT2D eigenvalue weighted by atomic mass is 10.1. The third kappa shape index (κ3) is 4.17. The van der Waals surface area contributed by atoms with Gasteiger partial charge in [-0.1, -0.05) is 6.07 Å². The Balaban J connectivity index is 1.79. The van der Waals surface area contributed by atoms with E-state index in [9.17, 15) is 4.79 Å². The third-order valence-electron chi connectivity index (χ3n) is 3.15. The van der Waals surface area contributed by atoms with Gasteiger partial charge in [-0.2, -0.15) is 0 Å². The maximum Gasteiger partial charge on any atom is 0.238 e. The Labute approximate surface area is 119 Å². The molecule has 0 aliphatic carbocycles. The first-order valence-electron chi connectivity index (χ1n) is 6.62. The molecule has 0 bridgehead atoms. The summed E-state index contributed by atoms with van der Waals surface area (Å²) in [6, 6.07) is 9.76. The summed E-state index contributed by atoms with van der Waals surface area (Å²) in [5, 5.41) is 5.99. The standard InChI is InChI=1S/C16H19N3O/c1-12-3-4-15(9-13(12)2)19-16(20)11-18-10-14-5-7-17-8-6-14/h3-9,18H,10-11H2,1-2H3,(H,19,20). The van der Waals surface area contributed by atoms with Gasteiger partial charge in [-0.3, -0.25) is 9.78 Å². The molecular formula is C16H19N3O. The van der Waals surface area contributed by atoms with Crippen LogP contribution in [0.2, 0.25) is 0 Å². The lowest BCUT2D eigenvalue weighted by Crippen LogP contribution is -2.27. The number of anilines is 1. The van der Waals surface area contributed by atoms with Gasteiger partial charge in [0, 0.05) is 24.6 Å². The zero-order valence-electron chi connectivity index (χ0n) is 11.8. The molecule has 2 aromatic rings. The van der Waals surface area contributed by atoms with Crippen LogP contribution < -0.4 is 10.6 Å². The Morgan fingerprint density at radius 2 is 1.85 bits per heavy atom. The number of aryl methyl sites for hydroxylation is 2. The van der Waals surface area contributed by atoms with E-state index in [1.807, 2.05) is 37.3 Å². The van der Waals surface area contributed by atoms with E-state index in [0.717, 1.165) is 11.3 Å². The summed E-state index contributed by atoms with van der Waals surface area (Å²) >= 11 is 0. The first-order valence-corrected chi connectivity index (χ1v) is 6.62. The Morgan fingerprint density at radius 3 is 2.55 bits per heavy atom. The van der Waals surface area contributed by atoms with E-state index in [1.165, 1.54) is 11.1 Å². The average Bonchev–Trinajstić information content (AvgIpc) is 2.44. The minimum absolute atomic E-state index is 0.0395. The van der Waals surface area contributed by atoms with E-state index in [4.69, 9.17) is 0 Å². The van der Waals surface area contributed by atoms with Crippen LogP contribution in [-0.4, -0.2) is 17.4 Å². The number of amides is 1. The number of nitrogens with zero attached hydrogens (tertiary/aromatic N) is 1. The molecule has 4 nitrogen and oxygen atoms in total. The molecule has 1 heterocycles. The van der Waals surface area contributed by atoms with Crippen molar-refractivity contribution in [3.05, 3.63) is 59.4 Å². The van der Waals surface area contributed by atoms with Gasteiger partial charge in [-0.25, -0.2) is 0 Å². The van der Waals surface area contributed by atoms with Crippen molar-refractivity contribution < 1.29 is 4.79 Å². The molecule has 2 N–H and O–H groups in total. The van der Waals surface area contributed by atoms with E-state index >= 15 is 0 Å². The number of benzene rings is 1. The van der Waals surface area contributed by atoms with Gasteiger partial charge < -0.3 is 10.6 Å². The highest BCUT2D eigenvalue weighted by Gasteiger charge is 2.03. The maximum atomic E-state index is 11.8. The molecule has 0 aliphatic heterocycles. The highest BCUT2D eigenvalue weighted by Crippen LogP contribution is 2.13. The summed E-state index contributed by atoms with van der Waals surface area (Å²) in [5.41, 5.74) is 4.34. The number of hydrogen-bond acceptors (Lipinski definition) is 3. The van der Waals surface area contributed by atoms with Gasteiger partial charge in [0.1, 0.15) is 0 Å². The third-order valence-corrected chi connectivity index (χ3v) is 3.15. The number of pyridine rings is 1. The van der Waals surface area contributed by atoms with Crippen LogP contribution >= 0.6 is 0 Å². The molecule has 0 aliphatic rings. The summed E-state index contributed by atoms with van der Waals surface area (Å²) in [5.74, 6) is -0.0395. The highest BCUT2D eigenvalue weighted by atomic mass is 16.1. The summed E-state index contributed by atoms with van der Waals surface area (Å²) < 4.78 is 0. The summed E-state index contributed by atoms with van der Waals surface area (Å²) in [7, 11) is 0. The minimum atomic E-state index is -0.0395. The Bertz CT molecular complexity index is 582. The van der Waals surface area contributed by atoms with Gasteiger partial charge in [0.25, 0.3) is 0 Å². The number of carbonyl (C=O) groups excluding carboxylic acids is 1. The van der Waals surface area contributed by atoms with Gasteiger partial charge in [-0.05, 0) is 54.8 Å². The number of hydrogen-bond donors (Lipinski definition) is 2. The first kappa shape index (κ1) is 14.2. The minimum Gasteiger partial charge on any atom is -0.325 e. The second kappa shape index (κ2) is 6.82. The normalized spacial score (nSPS) is 10.3. The molecule has 0 atom stereocenters. The molecule has 1 amide bonds. The topological polar surface area (TPSA) is 54.0 Å². The smallest absolute Gasteiger partial charge is 0.238 e. The van der Waals surface area contributed by atoms with Gasteiger partial charge in [-0.15, -0.1) is 0 Å². The van der Waals surface area contributed by atoms with E-state index in [2.05, 4.69) is 22.5 Å². The Hall–Kier alpha value is -2.20. The zero-order chi connectivity index (χ0) is 14.4. The molecule has 0 unspecified atom stereocenters. The average molecular weight is 269 g/mol. The first-order chi connectivity index (χ1) is 9.65. The number of carbonyl (C=O) groups is 1. The van der Waals surface area contributed by atoms with Crippen molar-refractivity contribution in [1.82, 2.24) is 10.3 Å². The molecular weight excluding hydrogens is 250 g/mol. The van der Waals surface area contributed by atoms with E-state index < -0.39 is 0 Å². The predicted molar refractivity (Wildman–Crippen MR) is 80.5 cm³/mol. The van der Waals surface area contributed by atoms with E-state index in [1.54, 1.807) is 12.4 Å². The van der Waals surface area contributed by atoms with Crippen LogP contribution in [0.15, 0.2) is 42.7 Å². The van der Waals surface area contributed by atoms with Gasteiger partial charge in [0.15, 0.2) is 0 Å². The zero-order valence-corrected chi connectivity index (χ0v) is 11.8. The molecule has 0 radical (unpaired) electrons. The van der Waals surface area contributed by atoms with Gasteiger partial charge in [0.05, 0.1) is 6.54 Å². The van der Waals surface area contributed by atoms with E-state index in [-0.39, 0.29) is 12.5 Å². The highest BCUT2D eigenvalue weighted by molar-refractivity contribution is 5.92. The molecule has 4 heteroatoms. The lowest BCUT2D eigenvalue weighted by molar-refractivity contribution is -0.115. The van der Waals surface area contributed by atoms with Crippen molar-refractivity contribution in [2.45, 2.75) is 20.4 Å². The number of rotatable bonds is 5. The van der Waals surface area contributed by atoms with Crippen molar-refractivity contribution in [3.8, 4) is 0 Å². The predicted octanol–water partition coefficient (Wildman–Crippen LogP) is 2.43.